The number of esters is 1. The summed E-state index contributed by atoms with van der Waals surface area (Å²) in [6.45, 7) is 0.747. The Kier molecular flexibility index (Phi) is 4.56. The molecule has 0 spiro atoms. The minimum absolute atomic E-state index is 0.181. The summed E-state index contributed by atoms with van der Waals surface area (Å²) in [7, 11) is 0. The van der Waals surface area contributed by atoms with Gasteiger partial charge in [-0.15, -0.1) is 23.2 Å². The number of carbonyl (C=O) groups excluding carboxylic acids is 2. The van der Waals surface area contributed by atoms with Crippen LogP contribution in [-0.2, 0) is 20.5 Å². The third-order valence-corrected chi connectivity index (χ3v) is 4.65. The molecule has 1 aromatic rings. The van der Waals surface area contributed by atoms with Gasteiger partial charge in [-0.05, 0) is 19.1 Å². The molecule has 1 aliphatic carbocycles. The van der Waals surface area contributed by atoms with Crippen LogP contribution in [0.5, 0.6) is 0 Å². The fourth-order valence-corrected chi connectivity index (χ4v) is 2.63. The lowest BCUT2D eigenvalue weighted by Crippen LogP contribution is -2.27. The van der Waals surface area contributed by atoms with E-state index in [1.165, 1.54) is 19.1 Å². The summed E-state index contributed by atoms with van der Waals surface area (Å²) in [5.74, 6) is -1.67. The van der Waals surface area contributed by atoms with Crippen LogP contribution in [0.3, 0.4) is 0 Å². The average molecular weight is 370 g/mol. The lowest BCUT2D eigenvalue weighted by Gasteiger charge is -2.14. The van der Waals surface area contributed by atoms with Gasteiger partial charge in [0.05, 0.1) is 11.3 Å². The Morgan fingerprint density at radius 2 is 1.87 bits per heavy atom. The number of nitrogens with one attached hydrogen (secondary N) is 1. The molecule has 0 aromatic heterocycles. The lowest BCUT2D eigenvalue weighted by atomic mass is 10.1. The largest absolute Gasteiger partial charge is 0.455 e. The normalized spacial score (nSPS) is 22.3. The van der Waals surface area contributed by atoms with E-state index in [-0.39, 0.29) is 6.42 Å². The third kappa shape index (κ3) is 3.72. The molecule has 126 valence electrons. The number of alkyl halides is 5. The van der Waals surface area contributed by atoms with Gasteiger partial charge in [0.1, 0.15) is 9.75 Å². The zero-order valence-electron chi connectivity index (χ0n) is 11.8. The number of halogens is 5. The fourth-order valence-electron chi connectivity index (χ4n) is 1.94. The first-order chi connectivity index (χ1) is 10.5. The Bertz CT molecular complexity index is 648. The maximum absolute atomic E-state index is 12.8. The molecule has 0 saturated heterocycles. The highest BCUT2D eigenvalue weighted by Crippen LogP contribution is 2.64. The molecule has 1 aliphatic rings. The monoisotopic (exact) mass is 369 g/mol. The number of ether oxygens (including phenoxy) is 1. The van der Waals surface area contributed by atoms with Crippen molar-refractivity contribution in [2.24, 2.45) is 5.41 Å². The Morgan fingerprint density at radius 1 is 1.30 bits per heavy atom. The van der Waals surface area contributed by atoms with E-state index in [4.69, 9.17) is 27.9 Å². The number of anilines is 1. The molecule has 1 N–H and O–H groups in total. The molecule has 0 heterocycles. The first kappa shape index (κ1) is 17.9. The first-order valence-corrected chi connectivity index (χ1v) is 7.24. The van der Waals surface area contributed by atoms with Crippen molar-refractivity contribution in [1.82, 2.24) is 0 Å². The SMILES string of the molecule is C[C@@]1(C(=O)OCC(=O)Nc2ccccc2C(F)(F)F)CC1(Cl)Cl. The van der Waals surface area contributed by atoms with Gasteiger partial charge in [0, 0.05) is 6.42 Å². The van der Waals surface area contributed by atoms with Crippen molar-refractivity contribution in [3.63, 3.8) is 0 Å². The van der Waals surface area contributed by atoms with E-state index in [1.54, 1.807) is 0 Å². The molecule has 0 aliphatic heterocycles. The number of para-hydroxylation sites is 1. The Balaban J connectivity index is 1.95. The number of amides is 1. The average Bonchev–Trinajstić information content (AvgIpc) is 2.95. The Labute approximate surface area is 139 Å². The van der Waals surface area contributed by atoms with Crippen LogP contribution in [0.4, 0.5) is 18.9 Å². The van der Waals surface area contributed by atoms with Gasteiger partial charge in [-0.3, -0.25) is 9.59 Å². The number of rotatable bonds is 4. The number of carbonyl (C=O) groups is 2. The molecule has 0 radical (unpaired) electrons. The molecule has 23 heavy (non-hydrogen) atoms. The second-order valence-electron chi connectivity index (χ2n) is 5.38. The third-order valence-electron chi connectivity index (χ3n) is 3.55. The van der Waals surface area contributed by atoms with E-state index in [2.05, 4.69) is 5.32 Å². The summed E-state index contributed by atoms with van der Waals surface area (Å²) in [4.78, 5) is 23.5. The number of hydrogen-bond acceptors (Lipinski definition) is 3. The number of hydrogen-bond donors (Lipinski definition) is 1. The van der Waals surface area contributed by atoms with Gasteiger partial charge in [0.25, 0.3) is 5.91 Å². The van der Waals surface area contributed by atoms with E-state index in [9.17, 15) is 22.8 Å². The second kappa shape index (κ2) is 5.87. The van der Waals surface area contributed by atoms with Crippen LogP contribution in [-0.4, -0.2) is 22.8 Å². The van der Waals surface area contributed by atoms with Gasteiger partial charge < -0.3 is 10.1 Å². The van der Waals surface area contributed by atoms with Crippen LogP contribution in [0.15, 0.2) is 24.3 Å². The highest BCUT2D eigenvalue weighted by atomic mass is 35.5. The van der Waals surface area contributed by atoms with Gasteiger partial charge in [-0.2, -0.15) is 13.2 Å². The summed E-state index contributed by atoms with van der Waals surface area (Å²) >= 11 is 11.6. The smallest absolute Gasteiger partial charge is 0.418 e. The fraction of sp³-hybridized carbons (Fsp3) is 0.429. The molecular weight excluding hydrogens is 358 g/mol. The topological polar surface area (TPSA) is 55.4 Å². The Hall–Kier alpha value is -1.47. The molecule has 9 heteroatoms. The molecule has 0 bridgehead atoms. The van der Waals surface area contributed by atoms with Crippen LogP contribution < -0.4 is 5.32 Å². The van der Waals surface area contributed by atoms with E-state index in [0.29, 0.717) is 0 Å². The summed E-state index contributed by atoms with van der Waals surface area (Å²) < 4.78 is 41.9. The molecule has 2 rings (SSSR count). The van der Waals surface area contributed by atoms with Gasteiger partial charge >= 0.3 is 12.1 Å². The van der Waals surface area contributed by atoms with E-state index in [1.807, 2.05) is 0 Å². The summed E-state index contributed by atoms with van der Waals surface area (Å²) in [6, 6.07) is 4.49. The van der Waals surface area contributed by atoms with Gasteiger partial charge in [0.15, 0.2) is 6.61 Å². The zero-order chi connectivity index (χ0) is 17.5. The van der Waals surface area contributed by atoms with Crippen LogP contribution >= 0.6 is 23.2 Å². The van der Waals surface area contributed by atoms with Gasteiger partial charge in [0.2, 0.25) is 0 Å². The van der Waals surface area contributed by atoms with Crippen molar-refractivity contribution in [2.45, 2.75) is 23.9 Å². The van der Waals surface area contributed by atoms with E-state index >= 15 is 0 Å². The van der Waals surface area contributed by atoms with Crippen molar-refractivity contribution < 1.29 is 27.5 Å². The molecule has 1 atom stereocenters. The van der Waals surface area contributed by atoms with Crippen LogP contribution in [0.2, 0.25) is 0 Å². The van der Waals surface area contributed by atoms with Crippen LogP contribution in [0, 0.1) is 5.41 Å². The minimum Gasteiger partial charge on any atom is -0.455 e. The minimum atomic E-state index is -4.61. The maximum atomic E-state index is 12.8. The quantitative estimate of drug-likeness (QED) is 0.649. The second-order valence-corrected chi connectivity index (χ2v) is 6.86. The molecule has 1 saturated carbocycles. The van der Waals surface area contributed by atoms with Crippen molar-refractivity contribution in [1.29, 1.82) is 0 Å². The first-order valence-electron chi connectivity index (χ1n) is 6.48. The van der Waals surface area contributed by atoms with Gasteiger partial charge in [-0.1, -0.05) is 12.1 Å². The van der Waals surface area contributed by atoms with Crippen molar-refractivity contribution >= 4 is 40.8 Å². The van der Waals surface area contributed by atoms with Crippen LogP contribution in [0.1, 0.15) is 18.9 Å². The maximum Gasteiger partial charge on any atom is 0.418 e. The highest BCUT2D eigenvalue weighted by molar-refractivity contribution is 6.53. The lowest BCUT2D eigenvalue weighted by molar-refractivity contribution is -0.152. The molecule has 4 nitrogen and oxygen atoms in total. The van der Waals surface area contributed by atoms with E-state index < -0.39 is 45.7 Å². The predicted molar refractivity (Wildman–Crippen MR) is 78.2 cm³/mol. The molecule has 1 aromatic carbocycles. The van der Waals surface area contributed by atoms with Gasteiger partial charge in [-0.25, -0.2) is 0 Å². The van der Waals surface area contributed by atoms with Crippen molar-refractivity contribution in [3.05, 3.63) is 29.8 Å². The molecule has 0 unspecified atom stereocenters. The van der Waals surface area contributed by atoms with Crippen LogP contribution in [0.25, 0.3) is 0 Å². The zero-order valence-corrected chi connectivity index (χ0v) is 13.4. The highest BCUT2D eigenvalue weighted by Gasteiger charge is 2.69. The van der Waals surface area contributed by atoms with Crippen molar-refractivity contribution in [2.75, 3.05) is 11.9 Å². The standard InChI is InChI=1S/C14H12Cl2F3NO3/c1-12(7-13(12,15)16)11(22)23-6-10(21)20-9-5-3-2-4-8(9)14(17,18)19/h2-5H,6-7H2,1H3,(H,20,21)/t12-/m0/s1. The number of benzene rings is 1. The summed E-state index contributed by atoms with van der Waals surface area (Å²) in [6.07, 6.45) is -4.43. The Morgan fingerprint density at radius 3 is 2.39 bits per heavy atom. The van der Waals surface area contributed by atoms with E-state index in [0.717, 1.165) is 12.1 Å². The summed E-state index contributed by atoms with van der Waals surface area (Å²) in [5.41, 5.74) is -2.52. The van der Waals surface area contributed by atoms with Crippen molar-refractivity contribution in [3.8, 4) is 0 Å². The molecule has 1 fully saturated rings. The molecular formula is C14H12Cl2F3NO3. The molecule has 1 amide bonds. The predicted octanol–water partition coefficient (Wildman–Crippen LogP) is 3.77. The summed E-state index contributed by atoms with van der Waals surface area (Å²) in [5, 5.41) is 2.06.